The van der Waals surface area contributed by atoms with E-state index in [-0.39, 0.29) is 0 Å². The largest absolute Gasteiger partial charge is 0.456 e. The van der Waals surface area contributed by atoms with Gasteiger partial charge in [0.2, 0.25) is 0 Å². The van der Waals surface area contributed by atoms with Crippen molar-refractivity contribution in [3.8, 4) is 11.3 Å². The van der Waals surface area contributed by atoms with Gasteiger partial charge in [0.25, 0.3) is 0 Å². The number of fused-ring (bicyclic) bond motifs is 1. The summed E-state index contributed by atoms with van der Waals surface area (Å²) < 4.78 is 5.79. The second kappa shape index (κ2) is 4.56. The molecule has 0 N–H and O–H groups in total. The molecule has 3 rings (SSSR count). The van der Waals surface area contributed by atoms with E-state index in [9.17, 15) is 4.79 Å². The molecule has 0 aliphatic heterocycles. The summed E-state index contributed by atoms with van der Waals surface area (Å²) in [7, 11) is 0. The van der Waals surface area contributed by atoms with Crippen molar-refractivity contribution in [2.24, 2.45) is 0 Å². The van der Waals surface area contributed by atoms with Crippen LogP contribution in [-0.4, -0.2) is 6.29 Å². The number of hydrogen-bond donors (Lipinski definition) is 0. The molecule has 1 heterocycles. The standard InChI is InChI=1S/C16H11ClO2/c1-10-2-5-15-12(6-10)7-16(19-15)14-8-13(17)4-3-11(14)9-18/h2-9H,1H3. The fourth-order valence-electron chi connectivity index (χ4n) is 2.14. The van der Waals surface area contributed by atoms with Gasteiger partial charge in [-0.3, -0.25) is 4.79 Å². The van der Waals surface area contributed by atoms with Crippen molar-refractivity contribution in [1.29, 1.82) is 0 Å². The van der Waals surface area contributed by atoms with Crippen LogP contribution < -0.4 is 0 Å². The minimum absolute atomic E-state index is 0.570. The van der Waals surface area contributed by atoms with Crippen molar-refractivity contribution >= 4 is 28.9 Å². The third-order valence-corrected chi connectivity index (χ3v) is 3.31. The topological polar surface area (TPSA) is 30.2 Å². The molecule has 1 aromatic heterocycles. The minimum Gasteiger partial charge on any atom is -0.456 e. The van der Waals surface area contributed by atoms with E-state index in [2.05, 4.69) is 0 Å². The van der Waals surface area contributed by atoms with Crippen LogP contribution in [0.2, 0.25) is 5.02 Å². The van der Waals surface area contributed by atoms with Gasteiger partial charge in [0.15, 0.2) is 6.29 Å². The maximum atomic E-state index is 11.1. The number of carbonyl (C=O) groups excluding carboxylic acids is 1. The molecule has 0 atom stereocenters. The summed E-state index contributed by atoms with van der Waals surface area (Å²) in [6.45, 7) is 2.03. The van der Waals surface area contributed by atoms with Crippen molar-refractivity contribution in [2.75, 3.05) is 0 Å². The van der Waals surface area contributed by atoms with Gasteiger partial charge in [-0.1, -0.05) is 23.2 Å². The van der Waals surface area contributed by atoms with E-state index in [4.69, 9.17) is 16.0 Å². The number of hydrogen-bond acceptors (Lipinski definition) is 2. The molecule has 0 spiro atoms. The van der Waals surface area contributed by atoms with Crippen LogP contribution in [0.5, 0.6) is 0 Å². The molecule has 94 valence electrons. The Morgan fingerprint density at radius 1 is 1.11 bits per heavy atom. The molecule has 0 aliphatic carbocycles. The molecule has 0 fully saturated rings. The molecule has 0 amide bonds. The van der Waals surface area contributed by atoms with Gasteiger partial charge in [-0.05, 0) is 43.3 Å². The van der Waals surface area contributed by atoms with Gasteiger partial charge < -0.3 is 4.42 Å². The lowest BCUT2D eigenvalue weighted by molar-refractivity contribution is 0.112. The Morgan fingerprint density at radius 3 is 2.74 bits per heavy atom. The SMILES string of the molecule is Cc1ccc2oc(-c3cc(Cl)ccc3C=O)cc2c1. The first-order valence-electron chi connectivity index (χ1n) is 5.93. The first-order valence-corrected chi connectivity index (χ1v) is 6.30. The maximum Gasteiger partial charge on any atom is 0.150 e. The van der Waals surface area contributed by atoms with Crippen molar-refractivity contribution in [3.05, 3.63) is 58.6 Å². The molecule has 3 aromatic rings. The van der Waals surface area contributed by atoms with Crippen molar-refractivity contribution in [3.63, 3.8) is 0 Å². The van der Waals surface area contributed by atoms with Crippen LogP contribution in [0.4, 0.5) is 0 Å². The Balaban J connectivity index is 2.24. The molecule has 0 aliphatic rings. The minimum atomic E-state index is 0.570. The smallest absolute Gasteiger partial charge is 0.150 e. The Kier molecular flexibility index (Phi) is 2.88. The summed E-state index contributed by atoms with van der Waals surface area (Å²) in [6.07, 6.45) is 0.810. The molecule has 0 saturated heterocycles. The average molecular weight is 271 g/mol. The third kappa shape index (κ3) is 2.15. The zero-order chi connectivity index (χ0) is 13.4. The summed E-state index contributed by atoms with van der Waals surface area (Å²) >= 11 is 5.99. The van der Waals surface area contributed by atoms with Crippen molar-refractivity contribution in [1.82, 2.24) is 0 Å². The average Bonchev–Trinajstić information content (AvgIpc) is 2.81. The van der Waals surface area contributed by atoms with Crippen molar-refractivity contribution < 1.29 is 9.21 Å². The predicted octanol–water partition coefficient (Wildman–Crippen LogP) is 4.87. The Bertz CT molecular complexity index is 772. The van der Waals surface area contributed by atoms with E-state index < -0.39 is 0 Å². The van der Waals surface area contributed by atoms with Crippen LogP contribution in [0, 0.1) is 6.92 Å². The number of aryl methyl sites for hydroxylation is 1. The van der Waals surface area contributed by atoms with Gasteiger partial charge in [-0.15, -0.1) is 0 Å². The Labute approximate surface area is 115 Å². The van der Waals surface area contributed by atoms with E-state index in [0.717, 1.165) is 22.8 Å². The van der Waals surface area contributed by atoms with Crippen LogP contribution in [0.3, 0.4) is 0 Å². The molecule has 0 radical (unpaired) electrons. The van der Waals surface area contributed by atoms with Gasteiger partial charge in [-0.2, -0.15) is 0 Å². The molecule has 3 heteroatoms. The van der Waals surface area contributed by atoms with E-state index in [1.807, 2.05) is 31.2 Å². The number of furan rings is 1. The zero-order valence-electron chi connectivity index (χ0n) is 10.3. The molecule has 19 heavy (non-hydrogen) atoms. The molecule has 0 saturated carbocycles. The third-order valence-electron chi connectivity index (χ3n) is 3.08. The fraction of sp³-hybridized carbons (Fsp3) is 0.0625. The highest BCUT2D eigenvalue weighted by Gasteiger charge is 2.11. The first-order chi connectivity index (χ1) is 9.17. The molecule has 0 unspecified atom stereocenters. The number of aldehydes is 1. The van der Waals surface area contributed by atoms with Gasteiger partial charge in [0, 0.05) is 21.5 Å². The zero-order valence-corrected chi connectivity index (χ0v) is 11.1. The highest BCUT2D eigenvalue weighted by Crippen LogP contribution is 2.31. The van der Waals surface area contributed by atoms with Gasteiger partial charge >= 0.3 is 0 Å². The van der Waals surface area contributed by atoms with Crippen LogP contribution in [0.1, 0.15) is 15.9 Å². The summed E-state index contributed by atoms with van der Waals surface area (Å²) in [5, 5.41) is 1.60. The monoisotopic (exact) mass is 270 g/mol. The molecular formula is C16H11ClO2. The van der Waals surface area contributed by atoms with Crippen LogP contribution in [0.25, 0.3) is 22.3 Å². The second-order valence-corrected chi connectivity index (χ2v) is 4.94. The first kappa shape index (κ1) is 12.0. The highest BCUT2D eigenvalue weighted by molar-refractivity contribution is 6.31. The number of carbonyl (C=O) groups is 1. The van der Waals surface area contributed by atoms with E-state index in [0.29, 0.717) is 16.3 Å². The molecule has 0 bridgehead atoms. The summed E-state index contributed by atoms with van der Waals surface area (Å²) in [4.78, 5) is 11.1. The molecule has 2 aromatic carbocycles. The summed E-state index contributed by atoms with van der Waals surface area (Å²) in [5.41, 5.74) is 3.26. The number of halogens is 1. The van der Waals surface area contributed by atoms with Gasteiger partial charge in [0.1, 0.15) is 11.3 Å². The lowest BCUT2D eigenvalue weighted by Gasteiger charge is -2.01. The summed E-state index contributed by atoms with van der Waals surface area (Å²) in [5.74, 6) is 0.658. The van der Waals surface area contributed by atoms with E-state index >= 15 is 0 Å². The van der Waals surface area contributed by atoms with Crippen molar-refractivity contribution in [2.45, 2.75) is 6.92 Å². The van der Waals surface area contributed by atoms with E-state index in [1.54, 1.807) is 18.2 Å². The van der Waals surface area contributed by atoms with Crippen LogP contribution >= 0.6 is 11.6 Å². The normalized spacial score (nSPS) is 10.8. The van der Waals surface area contributed by atoms with Crippen LogP contribution in [-0.2, 0) is 0 Å². The quantitative estimate of drug-likeness (QED) is 0.622. The second-order valence-electron chi connectivity index (χ2n) is 4.50. The fourth-order valence-corrected chi connectivity index (χ4v) is 2.31. The van der Waals surface area contributed by atoms with Crippen LogP contribution in [0.15, 0.2) is 46.9 Å². The maximum absolute atomic E-state index is 11.1. The summed E-state index contributed by atoms with van der Waals surface area (Å²) in [6, 6.07) is 13.0. The molecule has 2 nitrogen and oxygen atoms in total. The lowest BCUT2D eigenvalue weighted by Crippen LogP contribution is -1.85. The lowest BCUT2D eigenvalue weighted by atomic mass is 10.1. The highest BCUT2D eigenvalue weighted by atomic mass is 35.5. The molecular weight excluding hydrogens is 260 g/mol. The Hall–Kier alpha value is -2.06. The van der Waals surface area contributed by atoms with Gasteiger partial charge in [-0.25, -0.2) is 0 Å². The predicted molar refractivity (Wildman–Crippen MR) is 76.8 cm³/mol. The Morgan fingerprint density at radius 2 is 1.95 bits per heavy atom. The van der Waals surface area contributed by atoms with E-state index in [1.165, 1.54) is 5.56 Å². The number of rotatable bonds is 2. The number of benzene rings is 2. The van der Waals surface area contributed by atoms with Gasteiger partial charge in [0.05, 0.1) is 0 Å².